The van der Waals surface area contributed by atoms with Crippen LogP contribution >= 0.6 is 0 Å². The lowest BCUT2D eigenvalue weighted by atomic mass is 9.91. The molecule has 1 saturated heterocycles. The van der Waals surface area contributed by atoms with E-state index in [1.54, 1.807) is 21.3 Å². The fourth-order valence-electron chi connectivity index (χ4n) is 3.38. The van der Waals surface area contributed by atoms with Gasteiger partial charge < -0.3 is 24.2 Å². The maximum absolute atomic E-state index is 11.3. The Balaban J connectivity index is 2.41. The van der Waals surface area contributed by atoms with E-state index >= 15 is 0 Å². The Morgan fingerprint density at radius 1 is 1.27 bits per heavy atom. The number of piperidine rings is 1. The van der Waals surface area contributed by atoms with Gasteiger partial charge in [-0.3, -0.25) is 0 Å². The zero-order valence-corrected chi connectivity index (χ0v) is 15.5. The van der Waals surface area contributed by atoms with Crippen LogP contribution in [0.3, 0.4) is 0 Å². The summed E-state index contributed by atoms with van der Waals surface area (Å²) < 4.78 is 16.2. The van der Waals surface area contributed by atoms with Crippen molar-refractivity contribution in [2.45, 2.75) is 32.2 Å². The van der Waals surface area contributed by atoms with Crippen molar-refractivity contribution in [3.8, 4) is 23.3 Å². The molecule has 1 aromatic rings. The Bertz CT molecular complexity index is 726. The Kier molecular flexibility index (Phi) is 6.34. The van der Waals surface area contributed by atoms with Crippen molar-refractivity contribution in [3.05, 3.63) is 23.3 Å². The van der Waals surface area contributed by atoms with Crippen LogP contribution in [-0.4, -0.2) is 45.0 Å². The molecule has 0 bridgehead atoms. The molecule has 0 amide bonds. The molecule has 0 radical (unpaired) electrons. The Hall–Kier alpha value is -2.88. The first-order valence-electron chi connectivity index (χ1n) is 8.42. The van der Waals surface area contributed by atoms with Crippen LogP contribution in [0.5, 0.6) is 17.2 Å². The zero-order valence-electron chi connectivity index (χ0n) is 15.5. The van der Waals surface area contributed by atoms with Gasteiger partial charge >= 0.3 is 5.97 Å². The number of carboxylic acid groups (broad SMARTS) is 1. The predicted molar refractivity (Wildman–Crippen MR) is 97.0 cm³/mol. The van der Waals surface area contributed by atoms with Crippen molar-refractivity contribution in [1.29, 1.82) is 5.26 Å². The van der Waals surface area contributed by atoms with Gasteiger partial charge in [-0.1, -0.05) is 6.92 Å². The second-order valence-electron chi connectivity index (χ2n) is 5.99. The normalized spacial score (nSPS) is 18.7. The van der Waals surface area contributed by atoms with Crippen molar-refractivity contribution in [3.63, 3.8) is 0 Å². The number of carboxylic acids is 1. The average molecular weight is 360 g/mol. The third kappa shape index (κ3) is 3.69. The Morgan fingerprint density at radius 3 is 2.31 bits per heavy atom. The number of hydrogen-bond acceptors (Lipinski definition) is 6. The van der Waals surface area contributed by atoms with E-state index in [1.807, 2.05) is 25.1 Å². The second kappa shape index (κ2) is 8.48. The summed E-state index contributed by atoms with van der Waals surface area (Å²) in [7, 11) is 4.70. The van der Waals surface area contributed by atoms with Gasteiger partial charge in [0, 0.05) is 30.4 Å². The van der Waals surface area contributed by atoms with Gasteiger partial charge in [0.1, 0.15) is 11.6 Å². The maximum atomic E-state index is 11.3. The molecule has 0 aliphatic carbocycles. The third-order valence-corrected chi connectivity index (χ3v) is 4.71. The van der Waals surface area contributed by atoms with Gasteiger partial charge in [-0.25, -0.2) is 4.79 Å². The number of rotatable bonds is 6. The number of anilines is 1. The zero-order chi connectivity index (χ0) is 19.3. The molecule has 1 N–H and O–H groups in total. The first kappa shape index (κ1) is 19.4. The standard InChI is InChI=1S/C19H24N2O5/c1-5-13-8-12(15(11-20)19(22)23)6-7-21(13)14-9-16(24-2)18(26-4)17(10-14)25-3/h9-10,13H,5-8H2,1-4H3,(H,22,23). The van der Waals surface area contributed by atoms with E-state index < -0.39 is 5.97 Å². The molecule has 0 aromatic heterocycles. The summed E-state index contributed by atoms with van der Waals surface area (Å²) in [5, 5.41) is 18.4. The van der Waals surface area contributed by atoms with E-state index in [0.29, 0.717) is 42.2 Å². The van der Waals surface area contributed by atoms with Gasteiger partial charge in [-0.2, -0.15) is 5.26 Å². The highest BCUT2D eigenvalue weighted by Crippen LogP contribution is 2.43. The fourth-order valence-corrected chi connectivity index (χ4v) is 3.38. The summed E-state index contributed by atoms with van der Waals surface area (Å²) in [5.41, 5.74) is 1.49. The summed E-state index contributed by atoms with van der Waals surface area (Å²) in [4.78, 5) is 13.5. The quantitative estimate of drug-likeness (QED) is 0.616. The van der Waals surface area contributed by atoms with E-state index in [-0.39, 0.29) is 11.6 Å². The van der Waals surface area contributed by atoms with Crippen LogP contribution < -0.4 is 19.1 Å². The minimum Gasteiger partial charge on any atom is -0.493 e. The molecule has 1 aliphatic rings. The number of hydrogen-bond donors (Lipinski definition) is 1. The Labute approximate surface area is 153 Å². The number of carbonyl (C=O) groups is 1. The summed E-state index contributed by atoms with van der Waals surface area (Å²) in [6, 6.07) is 5.69. The topological polar surface area (TPSA) is 92.0 Å². The Morgan fingerprint density at radius 2 is 1.88 bits per heavy atom. The molecule has 1 unspecified atom stereocenters. The lowest BCUT2D eigenvalue weighted by Crippen LogP contribution is -2.40. The molecule has 7 heteroatoms. The summed E-state index contributed by atoms with van der Waals surface area (Å²) in [5.74, 6) is 0.517. The van der Waals surface area contributed by atoms with Crippen LogP contribution in [0, 0.1) is 11.3 Å². The molecule has 1 aliphatic heterocycles. The average Bonchev–Trinajstić information content (AvgIpc) is 2.66. The van der Waals surface area contributed by atoms with Gasteiger partial charge in [-0.05, 0) is 24.8 Å². The van der Waals surface area contributed by atoms with E-state index in [0.717, 1.165) is 12.1 Å². The largest absolute Gasteiger partial charge is 0.493 e. The molecule has 26 heavy (non-hydrogen) atoms. The van der Waals surface area contributed by atoms with Crippen molar-refractivity contribution in [2.75, 3.05) is 32.8 Å². The smallest absolute Gasteiger partial charge is 0.346 e. The predicted octanol–water partition coefficient (Wildman–Crippen LogP) is 3.00. The van der Waals surface area contributed by atoms with Crippen molar-refractivity contribution >= 4 is 11.7 Å². The van der Waals surface area contributed by atoms with Crippen LogP contribution in [0.4, 0.5) is 5.69 Å². The first-order valence-corrected chi connectivity index (χ1v) is 8.42. The number of benzene rings is 1. The summed E-state index contributed by atoms with van der Waals surface area (Å²) >= 11 is 0. The van der Waals surface area contributed by atoms with Crippen molar-refractivity contribution in [1.82, 2.24) is 0 Å². The third-order valence-electron chi connectivity index (χ3n) is 4.71. The van der Waals surface area contributed by atoms with Crippen LogP contribution in [0.15, 0.2) is 23.3 Å². The molecule has 1 fully saturated rings. The summed E-state index contributed by atoms with van der Waals surface area (Å²) in [6.07, 6.45) is 1.89. The SMILES string of the molecule is CCC1CC(=C(C#N)C(=O)O)CCN1c1cc(OC)c(OC)c(OC)c1. The maximum Gasteiger partial charge on any atom is 0.346 e. The van der Waals surface area contributed by atoms with Crippen LogP contribution in [0.25, 0.3) is 0 Å². The van der Waals surface area contributed by atoms with Crippen molar-refractivity contribution < 1.29 is 24.1 Å². The monoisotopic (exact) mass is 360 g/mol. The van der Waals surface area contributed by atoms with Gasteiger partial charge in [0.25, 0.3) is 0 Å². The molecule has 1 aromatic carbocycles. The van der Waals surface area contributed by atoms with E-state index in [4.69, 9.17) is 19.5 Å². The van der Waals surface area contributed by atoms with Gasteiger partial charge in [0.05, 0.1) is 21.3 Å². The molecule has 7 nitrogen and oxygen atoms in total. The molecule has 140 valence electrons. The second-order valence-corrected chi connectivity index (χ2v) is 5.99. The van der Waals surface area contributed by atoms with Crippen LogP contribution in [-0.2, 0) is 4.79 Å². The highest BCUT2D eigenvalue weighted by molar-refractivity contribution is 5.92. The molecule has 0 saturated carbocycles. The number of nitriles is 1. The number of nitrogens with zero attached hydrogens (tertiary/aromatic N) is 2. The minimum atomic E-state index is -1.15. The van der Waals surface area contributed by atoms with E-state index in [1.165, 1.54) is 0 Å². The molecular weight excluding hydrogens is 336 g/mol. The van der Waals surface area contributed by atoms with Gasteiger partial charge in [0.15, 0.2) is 11.5 Å². The van der Waals surface area contributed by atoms with Gasteiger partial charge in [0.2, 0.25) is 5.75 Å². The molecule has 2 rings (SSSR count). The van der Waals surface area contributed by atoms with Gasteiger partial charge in [-0.15, -0.1) is 0 Å². The van der Waals surface area contributed by atoms with Crippen molar-refractivity contribution in [2.24, 2.45) is 0 Å². The molecule has 1 atom stereocenters. The van der Waals surface area contributed by atoms with Crippen LogP contribution in [0.2, 0.25) is 0 Å². The number of aliphatic carboxylic acids is 1. The summed E-state index contributed by atoms with van der Waals surface area (Å²) in [6.45, 7) is 2.66. The number of methoxy groups -OCH3 is 3. The van der Waals surface area contributed by atoms with Crippen LogP contribution in [0.1, 0.15) is 26.2 Å². The van der Waals surface area contributed by atoms with E-state index in [9.17, 15) is 9.90 Å². The molecule has 1 heterocycles. The first-order chi connectivity index (χ1) is 12.5. The highest BCUT2D eigenvalue weighted by atomic mass is 16.5. The molecule has 0 spiro atoms. The van der Waals surface area contributed by atoms with E-state index in [2.05, 4.69) is 4.90 Å². The number of ether oxygens (including phenoxy) is 3. The lowest BCUT2D eigenvalue weighted by molar-refractivity contribution is -0.132. The molecular formula is C19H24N2O5. The minimum absolute atomic E-state index is 0.0873. The fraction of sp³-hybridized carbons (Fsp3) is 0.474. The lowest BCUT2D eigenvalue weighted by Gasteiger charge is -2.39. The highest BCUT2D eigenvalue weighted by Gasteiger charge is 2.29.